The van der Waals surface area contributed by atoms with E-state index >= 15 is 0 Å². The number of aliphatic hydroxyl groups excluding tert-OH is 4. The number of hydrogen-bond acceptors (Lipinski definition) is 9. The molecule has 4 N–H and O–H groups in total. The average molecular weight is 604 g/mol. The van der Waals surface area contributed by atoms with Crippen molar-refractivity contribution >= 4 is 5.97 Å². The summed E-state index contributed by atoms with van der Waals surface area (Å²) in [5, 5.41) is 42.9. The second kappa shape index (κ2) is 9.85. The quantitative estimate of drug-likeness (QED) is 0.281. The molecule has 0 aromatic carbocycles. The normalized spacial score (nSPS) is 54.5. The number of carbonyl (C=O) groups is 1. The zero-order valence-corrected chi connectivity index (χ0v) is 26.6. The summed E-state index contributed by atoms with van der Waals surface area (Å²) in [5.74, 6) is 2.10. The molecular formula is C34H51O9. The lowest BCUT2D eigenvalue weighted by atomic mass is 9.41. The monoisotopic (exact) mass is 603 g/mol. The Morgan fingerprint density at radius 2 is 1.77 bits per heavy atom. The Morgan fingerprint density at radius 1 is 1.02 bits per heavy atom. The van der Waals surface area contributed by atoms with E-state index in [1.165, 1.54) is 6.92 Å². The number of hydrogen-bond donors (Lipinski definition) is 4. The molecule has 7 fully saturated rings. The first kappa shape index (κ1) is 30.8. The highest BCUT2D eigenvalue weighted by Crippen LogP contribution is 2.90. The first-order valence-electron chi connectivity index (χ1n) is 16.5. The molecule has 5 aliphatic carbocycles. The third-order valence-electron chi connectivity index (χ3n) is 14.2. The molecule has 0 unspecified atom stereocenters. The van der Waals surface area contributed by atoms with Gasteiger partial charge in [0.2, 0.25) is 0 Å². The molecule has 0 bridgehead atoms. The standard InChI is InChI=1S/C34H51O9/c1-17-13-19(14-40-18(2)35)42-27-24(17)31(5)11-12-34-16-33(34)10-9-23(43-29-26(38)25(37)20(36)15-41-29)30(3,4)21(33)7-8-22(34)32(31,6)28(27)39/h17,20-21,23-26,28-29,36-39H,7-16H2,1-6H3/t17-,20-,21+,23+,24+,25+,26-,28+,29+,31-,32-,33-,34+/m1/s1. The highest BCUT2D eigenvalue weighted by Gasteiger charge is 2.85. The molecule has 7 rings (SSSR count). The fourth-order valence-corrected chi connectivity index (χ4v) is 12.1. The van der Waals surface area contributed by atoms with Crippen molar-refractivity contribution in [3.63, 3.8) is 0 Å². The Morgan fingerprint density at radius 3 is 2.49 bits per heavy atom. The summed E-state index contributed by atoms with van der Waals surface area (Å²) in [6, 6.07) is 0. The lowest BCUT2D eigenvalue weighted by Gasteiger charge is -2.63. The summed E-state index contributed by atoms with van der Waals surface area (Å²) in [6.07, 6.45) is 3.98. The van der Waals surface area contributed by atoms with Gasteiger partial charge < -0.3 is 39.4 Å². The van der Waals surface area contributed by atoms with Gasteiger partial charge in [-0.3, -0.25) is 4.79 Å². The third kappa shape index (κ3) is 3.91. The van der Waals surface area contributed by atoms with Crippen molar-refractivity contribution in [3.05, 3.63) is 18.1 Å². The molecular weight excluding hydrogens is 552 g/mol. The topological polar surface area (TPSA) is 135 Å². The molecule has 13 atom stereocenters. The molecule has 0 amide bonds. The molecule has 5 saturated carbocycles. The second-order valence-corrected chi connectivity index (χ2v) is 16.2. The Hall–Kier alpha value is -0.810. The van der Waals surface area contributed by atoms with Crippen LogP contribution in [-0.2, 0) is 23.7 Å². The number of rotatable bonds is 4. The molecule has 9 nitrogen and oxygen atoms in total. The summed E-state index contributed by atoms with van der Waals surface area (Å²) in [5.41, 5.74) is -0.391. The number of ether oxygens (including phenoxy) is 4. The lowest BCUT2D eigenvalue weighted by molar-refractivity contribution is -0.301. The Bertz CT molecular complexity index is 1130. The van der Waals surface area contributed by atoms with Crippen LogP contribution in [0.1, 0.15) is 92.9 Å². The summed E-state index contributed by atoms with van der Waals surface area (Å²) >= 11 is 0. The van der Waals surface area contributed by atoms with Crippen LogP contribution >= 0.6 is 0 Å². The molecule has 9 heteroatoms. The molecule has 241 valence electrons. The van der Waals surface area contributed by atoms with Crippen molar-refractivity contribution in [2.45, 2.75) is 130 Å². The predicted octanol–water partition coefficient (Wildman–Crippen LogP) is 3.47. The molecule has 0 aromatic heterocycles. The van der Waals surface area contributed by atoms with Gasteiger partial charge in [0, 0.05) is 18.3 Å². The van der Waals surface area contributed by atoms with Gasteiger partial charge in [-0.05, 0) is 90.8 Å². The van der Waals surface area contributed by atoms with Crippen LogP contribution in [0.25, 0.3) is 0 Å². The van der Waals surface area contributed by atoms with Gasteiger partial charge in [0.05, 0.1) is 18.8 Å². The maximum Gasteiger partial charge on any atom is 0.302 e. The maximum absolute atomic E-state index is 12.2. The lowest BCUT2D eigenvalue weighted by Crippen LogP contribution is -2.60. The van der Waals surface area contributed by atoms with Crippen molar-refractivity contribution in [3.8, 4) is 0 Å². The van der Waals surface area contributed by atoms with Gasteiger partial charge in [-0.25, -0.2) is 0 Å². The van der Waals surface area contributed by atoms with E-state index in [0.29, 0.717) is 11.8 Å². The van der Waals surface area contributed by atoms with E-state index in [1.807, 2.05) is 0 Å². The highest BCUT2D eigenvalue weighted by atomic mass is 16.7. The van der Waals surface area contributed by atoms with Gasteiger partial charge in [0.15, 0.2) is 6.29 Å². The molecule has 0 aromatic rings. The minimum Gasteiger partial charge on any atom is -0.463 e. The van der Waals surface area contributed by atoms with E-state index < -0.39 is 30.7 Å². The van der Waals surface area contributed by atoms with Crippen molar-refractivity contribution in [2.75, 3.05) is 13.2 Å². The van der Waals surface area contributed by atoms with Crippen molar-refractivity contribution in [1.29, 1.82) is 0 Å². The first-order valence-corrected chi connectivity index (χ1v) is 16.5. The van der Waals surface area contributed by atoms with Crippen LogP contribution in [0, 0.1) is 63.0 Å². The van der Waals surface area contributed by atoms with Crippen molar-refractivity contribution in [2.24, 2.45) is 44.8 Å². The van der Waals surface area contributed by atoms with Gasteiger partial charge in [-0.1, -0.05) is 34.6 Å². The van der Waals surface area contributed by atoms with E-state index in [2.05, 4.69) is 34.6 Å². The Labute approximate surface area is 256 Å². The van der Waals surface area contributed by atoms with Crippen molar-refractivity contribution in [1.82, 2.24) is 0 Å². The zero-order chi connectivity index (χ0) is 30.9. The zero-order valence-electron chi connectivity index (χ0n) is 26.6. The van der Waals surface area contributed by atoms with E-state index in [0.717, 1.165) is 63.6 Å². The SMILES string of the molecule is CC(=O)OC[C]1C[C@@H](C)[C@H]2[C](O1)[C@H](O)[C@@]1(C)[C]3CC[C@H]4C(C)(C)[C@@H](O[C@@H]5OC[C@@H](O)[C@H](O)[C@H]5O)CC[C@@]45C[C@@]35CC[C@]21C. The molecule has 2 spiro atoms. The molecule has 3 radical (unpaired) electrons. The Kier molecular flexibility index (Phi) is 7.06. The summed E-state index contributed by atoms with van der Waals surface area (Å²) in [6.45, 7) is 13.0. The fraction of sp³-hybridized carbons (Fsp3) is 0.882. The smallest absolute Gasteiger partial charge is 0.302 e. The van der Waals surface area contributed by atoms with Gasteiger partial charge in [-0.2, -0.15) is 0 Å². The Balaban J connectivity index is 1.13. The second-order valence-electron chi connectivity index (χ2n) is 16.2. The average Bonchev–Trinajstić information content (AvgIpc) is 3.58. The van der Waals surface area contributed by atoms with Crippen LogP contribution in [0.3, 0.4) is 0 Å². The van der Waals surface area contributed by atoms with Gasteiger partial charge >= 0.3 is 5.97 Å². The third-order valence-corrected chi connectivity index (χ3v) is 14.2. The number of esters is 1. The molecule has 43 heavy (non-hydrogen) atoms. The predicted molar refractivity (Wildman–Crippen MR) is 154 cm³/mol. The number of aliphatic hydroxyl groups is 4. The van der Waals surface area contributed by atoms with Crippen LogP contribution in [0.4, 0.5) is 0 Å². The number of carbonyl (C=O) groups excluding carboxylic acids is 1. The largest absolute Gasteiger partial charge is 0.463 e. The van der Waals surface area contributed by atoms with Crippen LogP contribution in [-0.4, -0.2) is 76.4 Å². The van der Waals surface area contributed by atoms with Crippen molar-refractivity contribution < 1.29 is 44.2 Å². The summed E-state index contributed by atoms with van der Waals surface area (Å²) < 4.78 is 23.8. The van der Waals surface area contributed by atoms with Gasteiger partial charge in [0.25, 0.3) is 0 Å². The van der Waals surface area contributed by atoms with Crippen LogP contribution in [0.2, 0.25) is 0 Å². The van der Waals surface area contributed by atoms with Crippen LogP contribution < -0.4 is 0 Å². The molecule has 2 heterocycles. The minimum absolute atomic E-state index is 0.0597. The van der Waals surface area contributed by atoms with E-state index in [9.17, 15) is 25.2 Å². The highest BCUT2D eigenvalue weighted by molar-refractivity contribution is 5.66. The number of fused-ring (bicyclic) bond motifs is 4. The summed E-state index contributed by atoms with van der Waals surface area (Å²) in [7, 11) is 0. The van der Waals surface area contributed by atoms with Crippen LogP contribution in [0.5, 0.6) is 0 Å². The van der Waals surface area contributed by atoms with Gasteiger partial charge in [-0.15, -0.1) is 0 Å². The van der Waals surface area contributed by atoms with Crippen LogP contribution in [0.15, 0.2) is 0 Å². The van der Waals surface area contributed by atoms with E-state index in [1.54, 1.807) is 5.92 Å². The molecule has 2 aliphatic heterocycles. The summed E-state index contributed by atoms with van der Waals surface area (Å²) in [4.78, 5) is 11.5. The first-order chi connectivity index (χ1) is 20.1. The molecule has 2 saturated heterocycles. The molecule has 7 aliphatic rings. The maximum atomic E-state index is 12.2. The van der Waals surface area contributed by atoms with E-state index in [-0.39, 0.29) is 58.3 Å². The minimum atomic E-state index is -1.29. The van der Waals surface area contributed by atoms with Gasteiger partial charge in [0.1, 0.15) is 37.1 Å². The van der Waals surface area contributed by atoms with E-state index in [4.69, 9.17) is 18.9 Å². The fourth-order valence-electron chi connectivity index (χ4n) is 12.1.